The van der Waals surface area contributed by atoms with Gasteiger partial charge in [0, 0.05) is 31.2 Å². The van der Waals surface area contributed by atoms with Crippen LogP contribution in [0.15, 0.2) is 0 Å². The SMILES string of the molecule is CC(C)N1CC(CF)NC(CF)C1. The smallest absolute Gasteiger partial charge is 0.106 e. The van der Waals surface area contributed by atoms with Crippen LogP contribution in [0.4, 0.5) is 8.78 Å². The molecule has 0 aromatic carbocycles. The molecular weight excluding hydrogens is 174 g/mol. The second-order valence-corrected chi connectivity index (χ2v) is 3.92. The third-order valence-electron chi connectivity index (χ3n) is 2.48. The second-order valence-electron chi connectivity index (χ2n) is 3.92. The largest absolute Gasteiger partial charge is 0.304 e. The van der Waals surface area contributed by atoms with Crippen LogP contribution in [-0.4, -0.2) is 49.5 Å². The van der Waals surface area contributed by atoms with E-state index in [1.54, 1.807) is 0 Å². The Morgan fingerprint density at radius 2 is 1.69 bits per heavy atom. The lowest BCUT2D eigenvalue weighted by molar-refractivity contribution is 0.106. The summed E-state index contributed by atoms with van der Waals surface area (Å²) in [6, 6.07) is -0.0287. The Labute approximate surface area is 78.3 Å². The fourth-order valence-electron chi connectivity index (χ4n) is 1.69. The Hall–Kier alpha value is -0.220. The average Bonchev–Trinajstić information content (AvgIpc) is 2.16. The van der Waals surface area contributed by atoms with Crippen LogP contribution >= 0.6 is 0 Å². The van der Waals surface area contributed by atoms with Gasteiger partial charge in [-0.1, -0.05) is 0 Å². The lowest BCUT2D eigenvalue weighted by atomic mass is 10.1. The Balaban J connectivity index is 2.49. The minimum absolute atomic E-state index is 0.197. The predicted octanol–water partition coefficient (Wildman–Crippen LogP) is 0.976. The van der Waals surface area contributed by atoms with E-state index in [0.717, 1.165) is 0 Å². The van der Waals surface area contributed by atoms with Gasteiger partial charge in [-0.05, 0) is 13.8 Å². The van der Waals surface area contributed by atoms with Gasteiger partial charge in [0.2, 0.25) is 0 Å². The molecule has 2 unspecified atom stereocenters. The molecule has 78 valence electrons. The molecule has 2 nitrogen and oxygen atoms in total. The van der Waals surface area contributed by atoms with Crippen LogP contribution in [0.1, 0.15) is 13.8 Å². The summed E-state index contributed by atoms with van der Waals surface area (Å²) < 4.78 is 24.8. The van der Waals surface area contributed by atoms with E-state index in [0.29, 0.717) is 19.1 Å². The van der Waals surface area contributed by atoms with E-state index < -0.39 is 13.3 Å². The van der Waals surface area contributed by atoms with E-state index in [1.807, 2.05) is 0 Å². The van der Waals surface area contributed by atoms with Crippen molar-refractivity contribution in [3.8, 4) is 0 Å². The molecule has 2 atom stereocenters. The zero-order chi connectivity index (χ0) is 9.84. The van der Waals surface area contributed by atoms with E-state index in [-0.39, 0.29) is 12.1 Å². The van der Waals surface area contributed by atoms with Crippen LogP contribution in [0.2, 0.25) is 0 Å². The lowest BCUT2D eigenvalue weighted by Gasteiger charge is -2.39. The highest BCUT2D eigenvalue weighted by atomic mass is 19.1. The molecule has 1 saturated heterocycles. The molecule has 0 amide bonds. The van der Waals surface area contributed by atoms with E-state index in [9.17, 15) is 8.78 Å². The average molecular weight is 192 g/mol. The maximum absolute atomic E-state index is 12.4. The van der Waals surface area contributed by atoms with E-state index in [4.69, 9.17) is 0 Å². The lowest BCUT2D eigenvalue weighted by Crippen LogP contribution is -2.59. The number of nitrogens with zero attached hydrogens (tertiary/aromatic N) is 1. The van der Waals surface area contributed by atoms with Gasteiger partial charge in [0.05, 0.1) is 0 Å². The molecule has 0 spiro atoms. The van der Waals surface area contributed by atoms with Gasteiger partial charge >= 0.3 is 0 Å². The molecule has 1 heterocycles. The van der Waals surface area contributed by atoms with Crippen LogP contribution in [0.3, 0.4) is 0 Å². The molecule has 0 bridgehead atoms. The summed E-state index contributed by atoms with van der Waals surface area (Å²) in [6.07, 6.45) is 0. The van der Waals surface area contributed by atoms with Crippen LogP contribution in [-0.2, 0) is 0 Å². The van der Waals surface area contributed by atoms with Gasteiger partial charge in [-0.25, -0.2) is 8.78 Å². The second kappa shape index (κ2) is 4.86. The fourth-order valence-corrected chi connectivity index (χ4v) is 1.69. The molecule has 0 radical (unpaired) electrons. The number of nitrogens with one attached hydrogen (secondary N) is 1. The van der Waals surface area contributed by atoms with Crippen LogP contribution < -0.4 is 5.32 Å². The zero-order valence-corrected chi connectivity index (χ0v) is 8.26. The molecule has 0 aromatic rings. The molecule has 0 aliphatic carbocycles. The summed E-state index contributed by atoms with van der Waals surface area (Å²) in [4.78, 5) is 2.12. The summed E-state index contributed by atoms with van der Waals surface area (Å²) in [6.45, 7) is 4.64. The minimum Gasteiger partial charge on any atom is -0.304 e. The Morgan fingerprint density at radius 1 is 1.23 bits per heavy atom. The highest BCUT2D eigenvalue weighted by molar-refractivity contribution is 4.86. The van der Waals surface area contributed by atoms with Crippen molar-refractivity contribution in [3.63, 3.8) is 0 Å². The number of rotatable bonds is 3. The van der Waals surface area contributed by atoms with Gasteiger partial charge in [0.15, 0.2) is 0 Å². The van der Waals surface area contributed by atoms with Crippen molar-refractivity contribution in [1.29, 1.82) is 0 Å². The maximum atomic E-state index is 12.4. The van der Waals surface area contributed by atoms with Crippen LogP contribution in [0.5, 0.6) is 0 Å². The van der Waals surface area contributed by atoms with Crippen molar-refractivity contribution in [2.45, 2.75) is 32.0 Å². The van der Waals surface area contributed by atoms with Gasteiger partial charge in [0.25, 0.3) is 0 Å². The molecule has 1 aliphatic heterocycles. The van der Waals surface area contributed by atoms with Crippen molar-refractivity contribution in [3.05, 3.63) is 0 Å². The monoisotopic (exact) mass is 192 g/mol. The normalized spacial score (nSPS) is 31.2. The van der Waals surface area contributed by atoms with Crippen LogP contribution in [0.25, 0.3) is 0 Å². The van der Waals surface area contributed by atoms with Crippen molar-refractivity contribution in [1.82, 2.24) is 10.2 Å². The van der Waals surface area contributed by atoms with Crippen molar-refractivity contribution in [2.75, 3.05) is 26.4 Å². The third-order valence-corrected chi connectivity index (χ3v) is 2.48. The van der Waals surface area contributed by atoms with Crippen molar-refractivity contribution in [2.24, 2.45) is 0 Å². The summed E-state index contributed by atoms with van der Waals surface area (Å²) >= 11 is 0. The summed E-state index contributed by atoms with van der Waals surface area (Å²) in [5.74, 6) is 0. The molecule has 1 fully saturated rings. The molecular formula is C9H18F2N2. The standard InChI is InChI=1S/C9H18F2N2/c1-7(2)13-5-8(3-10)12-9(4-11)6-13/h7-9,12H,3-6H2,1-2H3. The Kier molecular flexibility index (Phi) is 4.06. The topological polar surface area (TPSA) is 15.3 Å². The highest BCUT2D eigenvalue weighted by Crippen LogP contribution is 2.09. The highest BCUT2D eigenvalue weighted by Gasteiger charge is 2.27. The minimum atomic E-state index is -0.417. The van der Waals surface area contributed by atoms with Crippen LogP contribution in [0, 0.1) is 0 Å². The van der Waals surface area contributed by atoms with Crippen molar-refractivity contribution < 1.29 is 8.78 Å². The summed E-state index contributed by atoms with van der Waals surface area (Å²) in [5.41, 5.74) is 0. The number of piperazine rings is 1. The molecule has 1 aliphatic rings. The van der Waals surface area contributed by atoms with Gasteiger partial charge in [0.1, 0.15) is 13.3 Å². The first-order valence-corrected chi connectivity index (χ1v) is 4.79. The predicted molar refractivity (Wildman–Crippen MR) is 49.4 cm³/mol. The summed E-state index contributed by atoms with van der Waals surface area (Å²) in [7, 11) is 0. The maximum Gasteiger partial charge on any atom is 0.106 e. The van der Waals surface area contributed by atoms with E-state index in [1.165, 1.54) is 0 Å². The quantitative estimate of drug-likeness (QED) is 0.717. The molecule has 4 heteroatoms. The molecule has 0 saturated carbocycles. The Morgan fingerprint density at radius 3 is 2.00 bits per heavy atom. The third kappa shape index (κ3) is 2.88. The van der Waals surface area contributed by atoms with Gasteiger partial charge < -0.3 is 5.32 Å². The molecule has 0 aromatic heterocycles. The first-order chi connectivity index (χ1) is 6.17. The number of halogens is 2. The van der Waals surface area contributed by atoms with Gasteiger partial charge in [-0.2, -0.15) is 0 Å². The Bertz CT molecular complexity index is 141. The van der Waals surface area contributed by atoms with Crippen molar-refractivity contribution >= 4 is 0 Å². The first-order valence-electron chi connectivity index (χ1n) is 4.79. The van der Waals surface area contributed by atoms with Gasteiger partial charge in [-0.15, -0.1) is 0 Å². The summed E-state index contributed by atoms with van der Waals surface area (Å²) in [5, 5.41) is 2.95. The van der Waals surface area contributed by atoms with Gasteiger partial charge in [-0.3, -0.25) is 4.90 Å². The molecule has 1 rings (SSSR count). The first kappa shape index (κ1) is 10.9. The fraction of sp³-hybridized carbons (Fsp3) is 1.00. The molecule has 13 heavy (non-hydrogen) atoms. The van der Waals surface area contributed by atoms with E-state index >= 15 is 0 Å². The van der Waals surface area contributed by atoms with E-state index in [2.05, 4.69) is 24.1 Å². The molecule has 1 N–H and O–H groups in total. The number of alkyl halides is 2. The number of hydrogen-bond donors (Lipinski definition) is 1. The number of hydrogen-bond acceptors (Lipinski definition) is 2. The zero-order valence-electron chi connectivity index (χ0n) is 8.26.